The molecule has 0 aromatic heterocycles. The Morgan fingerprint density at radius 3 is 2.31 bits per heavy atom. The lowest BCUT2D eigenvalue weighted by molar-refractivity contribution is -0.116. The van der Waals surface area contributed by atoms with Gasteiger partial charge in [0.2, 0.25) is 15.9 Å². The quantitative estimate of drug-likeness (QED) is 0.634. The van der Waals surface area contributed by atoms with Gasteiger partial charge in [-0.25, -0.2) is 8.42 Å². The Morgan fingerprint density at radius 2 is 1.76 bits per heavy atom. The van der Waals surface area contributed by atoms with E-state index in [0.717, 1.165) is 28.8 Å². The van der Waals surface area contributed by atoms with Crippen molar-refractivity contribution in [3.63, 3.8) is 0 Å². The van der Waals surface area contributed by atoms with Crippen molar-refractivity contribution >= 4 is 27.3 Å². The van der Waals surface area contributed by atoms with E-state index in [1.54, 1.807) is 0 Å². The number of rotatable bonds is 9. The van der Waals surface area contributed by atoms with Crippen LogP contribution in [0, 0.1) is 6.92 Å². The highest BCUT2D eigenvalue weighted by Crippen LogP contribution is 2.27. The molecular weight excluding hydrogens is 384 g/mol. The van der Waals surface area contributed by atoms with Gasteiger partial charge in [0.1, 0.15) is 0 Å². The van der Waals surface area contributed by atoms with Gasteiger partial charge in [0.25, 0.3) is 0 Å². The average Bonchev–Trinajstić information content (AvgIpc) is 2.66. The second kappa shape index (κ2) is 9.92. The number of aryl methyl sites for hydroxylation is 2. The molecule has 0 bridgehead atoms. The molecule has 0 unspecified atom stereocenters. The molecule has 2 aromatic rings. The summed E-state index contributed by atoms with van der Waals surface area (Å²) >= 11 is 0. The summed E-state index contributed by atoms with van der Waals surface area (Å²) in [6, 6.07) is 13.5. The Hall–Kier alpha value is -2.34. The lowest BCUT2D eigenvalue weighted by atomic mass is 9.98. The maximum absolute atomic E-state index is 12.5. The zero-order valence-electron chi connectivity index (χ0n) is 18.0. The summed E-state index contributed by atoms with van der Waals surface area (Å²) in [6.45, 7) is 8.49. The molecule has 5 nitrogen and oxygen atoms in total. The molecule has 0 saturated carbocycles. The highest BCUT2D eigenvalue weighted by molar-refractivity contribution is 7.92. The molecule has 0 fully saturated rings. The summed E-state index contributed by atoms with van der Waals surface area (Å²) in [7, 11) is -3.42. The zero-order chi connectivity index (χ0) is 21.6. The number of para-hydroxylation sites is 1. The molecule has 0 aliphatic rings. The molecule has 2 aromatic carbocycles. The van der Waals surface area contributed by atoms with Gasteiger partial charge < -0.3 is 5.32 Å². The molecule has 0 spiro atoms. The van der Waals surface area contributed by atoms with Gasteiger partial charge in [-0.05, 0) is 54.5 Å². The molecule has 1 N–H and O–H groups in total. The summed E-state index contributed by atoms with van der Waals surface area (Å²) in [4.78, 5) is 12.5. The number of hydrogen-bond donors (Lipinski definition) is 1. The van der Waals surface area contributed by atoms with E-state index in [0.29, 0.717) is 18.0 Å². The van der Waals surface area contributed by atoms with Gasteiger partial charge in [-0.15, -0.1) is 0 Å². The number of hydrogen-bond acceptors (Lipinski definition) is 3. The number of nitrogens with one attached hydrogen (secondary N) is 1. The van der Waals surface area contributed by atoms with E-state index >= 15 is 0 Å². The minimum Gasteiger partial charge on any atom is -0.326 e. The fourth-order valence-corrected chi connectivity index (χ4v) is 4.28. The SMILES string of the molecule is CCc1ccc(N(CCCC(=O)Nc2c(C)cccc2C(C)C)S(C)(=O)=O)cc1. The fourth-order valence-electron chi connectivity index (χ4n) is 3.31. The van der Waals surface area contributed by atoms with Crippen molar-refractivity contribution in [1.29, 1.82) is 0 Å². The Morgan fingerprint density at radius 1 is 1.10 bits per heavy atom. The number of sulfonamides is 1. The molecule has 6 heteroatoms. The zero-order valence-corrected chi connectivity index (χ0v) is 18.8. The number of amides is 1. The Kier molecular flexibility index (Phi) is 7.85. The van der Waals surface area contributed by atoms with Crippen molar-refractivity contribution < 1.29 is 13.2 Å². The van der Waals surface area contributed by atoms with E-state index in [2.05, 4.69) is 26.1 Å². The predicted octanol–water partition coefficient (Wildman–Crippen LogP) is 4.87. The van der Waals surface area contributed by atoms with E-state index in [1.165, 1.54) is 10.6 Å². The molecule has 0 atom stereocenters. The van der Waals surface area contributed by atoms with Crippen LogP contribution in [0.15, 0.2) is 42.5 Å². The van der Waals surface area contributed by atoms with Crippen molar-refractivity contribution in [2.24, 2.45) is 0 Å². The minimum absolute atomic E-state index is 0.101. The first kappa shape index (κ1) is 22.9. The molecule has 29 heavy (non-hydrogen) atoms. The Balaban J connectivity index is 2.04. The third-order valence-electron chi connectivity index (χ3n) is 4.99. The van der Waals surface area contributed by atoms with Crippen LogP contribution in [0.1, 0.15) is 56.2 Å². The van der Waals surface area contributed by atoms with Crippen molar-refractivity contribution in [1.82, 2.24) is 0 Å². The van der Waals surface area contributed by atoms with Crippen LogP contribution in [0.25, 0.3) is 0 Å². The van der Waals surface area contributed by atoms with E-state index in [-0.39, 0.29) is 18.9 Å². The van der Waals surface area contributed by atoms with Crippen LogP contribution in [0.2, 0.25) is 0 Å². The van der Waals surface area contributed by atoms with Crippen LogP contribution in [-0.4, -0.2) is 27.1 Å². The number of carbonyl (C=O) groups is 1. The number of anilines is 2. The van der Waals surface area contributed by atoms with Crippen LogP contribution in [0.5, 0.6) is 0 Å². The smallest absolute Gasteiger partial charge is 0.232 e. The largest absolute Gasteiger partial charge is 0.326 e. The van der Waals surface area contributed by atoms with Gasteiger partial charge in [-0.3, -0.25) is 9.10 Å². The highest BCUT2D eigenvalue weighted by Gasteiger charge is 2.18. The third-order valence-corrected chi connectivity index (χ3v) is 6.18. The lowest BCUT2D eigenvalue weighted by Crippen LogP contribution is -2.31. The van der Waals surface area contributed by atoms with Crippen LogP contribution in [0.3, 0.4) is 0 Å². The van der Waals surface area contributed by atoms with Crippen LogP contribution in [0.4, 0.5) is 11.4 Å². The number of nitrogens with zero attached hydrogens (tertiary/aromatic N) is 1. The molecule has 0 heterocycles. The molecule has 2 rings (SSSR count). The summed E-state index contributed by atoms with van der Waals surface area (Å²) in [5, 5.41) is 3.02. The van der Waals surface area contributed by atoms with Crippen molar-refractivity contribution in [2.45, 2.75) is 52.9 Å². The normalized spacial score (nSPS) is 11.5. The second-order valence-corrected chi connectivity index (χ2v) is 9.61. The molecular formula is C23H32N2O3S. The van der Waals surface area contributed by atoms with Crippen LogP contribution >= 0.6 is 0 Å². The van der Waals surface area contributed by atoms with Gasteiger partial charge >= 0.3 is 0 Å². The van der Waals surface area contributed by atoms with Crippen LogP contribution in [-0.2, 0) is 21.2 Å². The van der Waals surface area contributed by atoms with Gasteiger partial charge in [0.05, 0.1) is 11.9 Å². The van der Waals surface area contributed by atoms with E-state index in [4.69, 9.17) is 0 Å². The predicted molar refractivity (Wildman–Crippen MR) is 121 cm³/mol. The van der Waals surface area contributed by atoms with E-state index < -0.39 is 10.0 Å². The molecule has 1 amide bonds. The molecule has 0 aliphatic heterocycles. The molecule has 0 radical (unpaired) electrons. The van der Waals surface area contributed by atoms with Crippen molar-refractivity contribution in [2.75, 3.05) is 22.4 Å². The fraction of sp³-hybridized carbons (Fsp3) is 0.435. The topological polar surface area (TPSA) is 66.5 Å². The summed E-state index contributed by atoms with van der Waals surface area (Å²) in [5.74, 6) is 0.202. The second-order valence-electron chi connectivity index (χ2n) is 7.70. The third kappa shape index (κ3) is 6.32. The highest BCUT2D eigenvalue weighted by atomic mass is 32.2. The first-order valence-corrected chi connectivity index (χ1v) is 11.9. The van der Waals surface area contributed by atoms with Crippen molar-refractivity contribution in [3.05, 3.63) is 59.2 Å². The van der Waals surface area contributed by atoms with E-state index in [1.807, 2.05) is 49.4 Å². The van der Waals surface area contributed by atoms with Gasteiger partial charge in [0, 0.05) is 18.7 Å². The summed E-state index contributed by atoms with van der Waals surface area (Å²) < 4.78 is 25.9. The van der Waals surface area contributed by atoms with Crippen LogP contribution < -0.4 is 9.62 Å². The maximum Gasteiger partial charge on any atom is 0.232 e. The molecule has 0 saturated heterocycles. The number of benzene rings is 2. The molecule has 158 valence electrons. The van der Waals surface area contributed by atoms with Gasteiger partial charge in [-0.1, -0.05) is 51.1 Å². The maximum atomic E-state index is 12.5. The summed E-state index contributed by atoms with van der Waals surface area (Å²) in [5.41, 5.74) is 4.78. The average molecular weight is 417 g/mol. The summed E-state index contributed by atoms with van der Waals surface area (Å²) in [6.07, 6.45) is 2.79. The Bertz CT molecular complexity index is 935. The standard InChI is InChI=1S/C23H32N2O3S/c1-6-19-12-14-20(15-13-19)25(29(5,27)28)16-8-11-22(26)24-23-18(4)9-7-10-21(23)17(2)3/h7,9-10,12-15,17H,6,8,11,16H2,1-5H3,(H,24,26). The van der Waals surface area contributed by atoms with Crippen molar-refractivity contribution in [3.8, 4) is 0 Å². The first-order valence-electron chi connectivity index (χ1n) is 10.1. The van der Waals surface area contributed by atoms with E-state index in [9.17, 15) is 13.2 Å². The minimum atomic E-state index is -3.42. The van der Waals surface area contributed by atoms with Gasteiger partial charge in [-0.2, -0.15) is 0 Å². The Labute approximate surface area is 175 Å². The first-order chi connectivity index (χ1) is 13.6. The van der Waals surface area contributed by atoms with Gasteiger partial charge in [0.15, 0.2) is 0 Å². The number of carbonyl (C=O) groups excluding carboxylic acids is 1. The monoisotopic (exact) mass is 416 g/mol. The molecule has 0 aliphatic carbocycles. The lowest BCUT2D eigenvalue weighted by Gasteiger charge is -2.23.